The molecule has 0 bridgehead atoms. The molecule has 4 N–H and O–H groups in total. The lowest BCUT2D eigenvalue weighted by Gasteiger charge is -2.23. The van der Waals surface area contributed by atoms with E-state index in [4.69, 9.17) is 14.6 Å². The number of anilines is 2. The molecule has 0 radical (unpaired) electrons. The molecule has 0 aromatic carbocycles. The molecule has 1 unspecified atom stereocenters. The standard InChI is InChI=1S/C22H27N7O3/c1-2-3-4-18(25-7-9-30)16-5-6-20(27-12-16)28-21-14-26-19(11-23)22(29-21)32-15-17-13-24-8-10-31-17/h2-6,12,14,17,24-25,30H,7-10,13,15H2,1H3,(H,27,28,29)/b3-2-,18-4+. The van der Waals surface area contributed by atoms with Crippen LogP contribution in [0.3, 0.4) is 0 Å². The highest BCUT2D eigenvalue weighted by Crippen LogP contribution is 2.20. The van der Waals surface area contributed by atoms with Crippen LogP contribution >= 0.6 is 0 Å². The lowest BCUT2D eigenvalue weighted by Crippen LogP contribution is -2.41. The van der Waals surface area contributed by atoms with Gasteiger partial charge in [-0.1, -0.05) is 12.2 Å². The number of morpholine rings is 1. The van der Waals surface area contributed by atoms with Crippen LogP contribution in [-0.4, -0.2) is 65.6 Å². The van der Waals surface area contributed by atoms with E-state index < -0.39 is 0 Å². The first-order valence-corrected chi connectivity index (χ1v) is 10.4. The van der Waals surface area contributed by atoms with Crippen LogP contribution in [0.25, 0.3) is 5.70 Å². The zero-order valence-corrected chi connectivity index (χ0v) is 17.9. The van der Waals surface area contributed by atoms with Crippen molar-refractivity contribution >= 4 is 17.3 Å². The Kier molecular flexibility index (Phi) is 8.94. The zero-order chi connectivity index (χ0) is 22.6. The molecule has 1 saturated heterocycles. The van der Waals surface area contributed by atoms with Crippen molar-refractivity contribution in [3.8, 4) is 11.9 Å². The van der Waals surface area contributed by atoms with Crippen LogP contribution in [0.4, 0.5) is 11.6 Å². The van der Waals surface area contributed by atoms with Crippen LogP contribution in [0.5, 0.6) is 5.88 Å². The third-order valence-electron chi connectivity index (χ3n) is 4.47. The number of hydrogen-bond donors (Lipinski definition) is 4. The summed E-state index contributed by atoms with van der Waals surface area (Å²) in [5.41, 5.74) is 1.83. The zero-order valence-electron chi connectivity index (χ0n) is 17.9. The summed E-state index contributed by atoms with van der Waals surface area (Å²) in [7, 11) is 0. The summed E-state index contributed by atoms with van der Waals surface area (Å²) in [5.74, 6) is 1.11. The Morgan fingerprint density at radius 2 is 2.28 bits per heavy atom. The molecule has 10 nitrogen and oxygen atoms in total. The van der Waals surface area contributed by atoms with E-state index in [0.29, 0.717) is 31.3 Å². The van der Waals surface area contributed by atoms with E-state index in [1.54, 1.807) is 12.3 Å². The summed E-state index contributed by atoms with van der Waals surface area (Å²) in [6.45, 7) is 4.79. The van der Waals surface area contributed by atoms with Gasteiger partial charge in [0, 0.05) is 37.1 Å². The van der Waals surface area contributed by atoms with Crippen LogP contribution in [0, 0.1) is 11.3 Å². The van der Waals surface area contributed by atoms with Crippen molar-refractivity contribution in [2.24, 2.45) is 0 Å². The number of nitrogens with one attached hydrogen (secondary N) is 3. The van der Waals surface area contributed by atoms with E-state index in [-0.39, 0.29) is 30.9 Å². The highest BCUT2D eigenvalue weighted by molar-refractivity contribution is 5.66. The van der Waals surface area contributed by atoms with Gasteiger partial charge in [-0.2, -0.15) is 10.2 Å². The van der Waals surface area contributed by atoms with Gasteiger partial charge in [0.25, 0.3) is 5.88 Å². The number of aliphatic hydroxyl groups is 1. The van der Waals surface area contributed by atoms with Gasteiger partial charge in [0.2, 0.25) is 5.69 Å². The van der Waals surface area contributed by atoms with Crippen molar-refractivity contribution in [2.75, 3.05) is 44.8 Å². The summed E-state index contributed by atoms with van der Waals surface area (Å²) < 4.78 is 11.3. The summed E-state index contributed by atoms with van der Waals surface area (Å²) in [6.07, 6.45) is 8.82. The predicted molar refractivity (Wildman–Crippen MR) is 120 cm³/mol. The molecule has 0 aliphatic carbocycles. The number of aliphatic hydroxyl groups excluding tert-OH is 1. The molecule has 1 aliphatic rings. The summed E-state index contributed by atoms with van der Waals surface area (Å²) in [5, 5.41) is 27.9. The molecule has 2 aromatic rings. The van der Waals surface area contributed by atoms with Crippen molar-refractivity contribution in [1.29, 1.82) is 5.26 Å². The van der Waals surface area contributed by atoms with Crippen molar-refractivity contribution < 1.29 is 14.6 Å². The van der Waals surface area contributed by atoms with E-state index in [1.807, 2.05) is 37.3 Å². The van der Waals surface area contributed by atoms with E-state index >= 15 is 0 Å². The molecule has 168 valence electrons. The first-order valence-electron chi connectivity index (χ1n) is 10.4. The number of rotatable bonds is 10. The number of allylic oxidation sites excluding steroid dienone is 3. The summed E-state index contributed by atoms with van der Waals surface area (Å²) in [4.78, 5) is 12.9. The fraction of sp³-hybridized carbons (Fsp3) is 0.364. The number of ether oxygens (including phenoxy) is 2. The normalized spacial score (nSPS) is 16.5. The molecule has 1 aliphatic heterocycles. The molecule has 10 heteroatoms. The fourth-order valence-electron chi connectivity index (χ4n) is 2.91. The molecule has 3 rings (SSSR count). The van der Waals surface area contributed by atoms with Crippen LogP contribution in [0.1, 0.15) is 18.2 Å². The summed E-state index contributed by atoms with van der Waals surface area (Å²) in [6, 6.07) is 5.70. The maximum Gasteiger partial charge on any atom is 0.253 e. The van der Waals surface area contributed by atoms with Gasteiger partial charge < -0.3 is 30.5 Å². The molecule has 32 heavy (non-hydrogen) atoms. The Morgan fingerprint density at radius 3 is 2.97 bits per heavy atom. The minimum absolute atomic E-state index is 0.0331. The molecule has 1 atom stereocenters. The van der Waals surface area contributed by atoms with E-state index in [0.717, 1.165) is 17.8 Å². The van der Waals surface area contributed by atoms with Crippen LogP contribution in [0.15, 0.2) is 42.8 Å². The van der Waals surface area contributed by atoms with Crippen LogP contribution in [-0.2, 0) is 4.74 Å². The van der Waals surface area contributed by atoms with Gasteiger partial charge in [0.15, 0.2) is 5.82 Å². The Bertz CT molecular complexity index is 964. The molecule has 0 amide bonds. The van der Waals surface area contributed by atoms with Gasteiger partial charge in [-0.15, -0.1) is 0 Å². The van der Waals surface area contributed by atoms with Crippen LogP contribution < -0.4 is 20.7 Å². The molecule has 0 saturated carbocycles. The minimum atomic E-state index is -0.104. The Labute approximate surface area is 187 Å². The number of hydrogen-bond acceptors (Lipinski definition) is 10. The smallest absolute Gasteiger partial charge is 0.253 e. The number of nitriles is 1. The lowest BCUT2D eigenvalue weighted by molar-refractivity contribution is -0.000858. The van der Waals surface area contributed by atoms with E-state index in [1.165, 1.54) is 6.20 Å². The molecule has 2 aromatic heterocycles. The predicted octanol–water partition coefficient (Wildman–Crippen LogP) is 1.35. The van der Waals surface area contributed by atoms with Gasteiger partial charge in [-0.05, 0) is 25.1 Å². The molecule has 3 heterocycles. The van der Waals surface area contributed by atoms with Crippen LogP contribution in [0.2, 0.25) is 0 Å². The average Bonchev–Trinajstić information content (AvgIpc) is 2.84. The van der Waals surface area contributed by atoms with Crippen molar-refractivity contribution in [2.45, 2.75) is 13.0 Å². The second-order valence-electron chi connectivity index (χ2n) is 6.84. The average molecular weight is 438 g/mol. The Hall–Kier alpha value is -3.52. The lowest BCUT2D eigenvalue weighted by atomic mass is 10.2. The largest absolute Gasteiger partial charge is 0.473 e. The Morgan fingerprint density at radius 1 is 1.38 bits per heavy atom. The fourth-order valence-corrected chi connectivity index (χ4v) is 2.91. The van der Waals surface area contributed by atoms with Crippen molar-refractivity contribution in [1.82, 2.24) is 25.6 Å². The highest BCUT2D eigenvalue weighted by atomic mass is 16.5. The monoisotopic (exact) mass is 437 g/mol. The highest BCUT2D eigenvalue weighted by Gasteiger charge is 2.16. The molecule has 0 spiro atoms. The third-order valence-corrected chi connectivity index (χ3v) is 4.47. The number of nitrogens with zero attached hydrogens (tertiary/aromatic N) is 4. The second kappa shape index (κ2) is 12.4. The SMILES string of the molecule is C/C=C\C=C(\NCCO)c1ccc(Nc2cnc(C#N)c(OCC3CNCCO3)n2)nc1. The van der Waals surface area contributed by atoms with Gasteiger partial charge in [-0.3, -0.25) is 0 Å². The first kappa shape index (κ1) is 23.1. The number of aromatic nitrogens is 3. The molecular weight excluding hydrogens is 410 g/mol. The maximum absolute atomic E-state index is 9.30. The maximum atomic E-state index is 9.30. The van der Waals surface area contributed by atoms with E-state index in [9.17, 15) is 5.26 Å². The van der Waals surface area contributed by atoms with Gasteiger partial charge in [0.05, 0.1) is 19.4 Å². The van der Waals surface area contributed by atoms with E-state index in [2.05, 4.69) is 30.9 Å². The minimum Gasteiger partial charge on any atom is -0.473 e. The van der Waals surface area contributed by atoms with Gasteiger partial charge >= 0.3 is 0 Å². The summed E-state index contributed by atoms with van der Waals surface area (Å²) >= 11 is 0. The molecular formula is C22H27N7O3. The van der Waals surface area contributed by atoms with Gasteiger partial charge in [0.1, 0.15) is 24.6 Å². The van der Waals surface area contributed by atoms with Crippen molar-refractivity contribution in [3.63, 3.8) is 0 Å². The quantitative estimate of drug-likeness (QED) is 0.403. The Balaban J connectivity index is 1.68. The van der Waals surface area contributed by atoms with Gasteiger partial charge in [-0.25, -0.2) is 9.97 Å². The third kappa shape index (κ3) is 6.75. The topological polar surface area (TPSA) is 137 Å². The molecule has 1 fully saturated rings. The number of pyridine rings is 1. The second-order valence-corrected chi connectivity index (χ2v) is 6.84. The first-order chi connectivity index (χ1) is 15.7. The van der Waals surface area contributed by atoms with Crippen molar-refractivity contribution in [3.05, 3.63) is 54.0 Å².